The van der Waals surface area contributed by atoms with Gasteiger partial charge >= 0.3 is 0 Å². The van der Waals surface area contributed by atoms with Crippen LogP contribution in [-0.2, 0) is 0 Å². The molecule has 0 spiro atoms. The third-order valence-corrected chi connectivity index (χ3v) is 4.93. The van der Waals surface area contributed by atoms with Gasteiger partial charge in [0, 0.05) is 9.80 Å². The summed E-state index contributed by atoms with van der Waals surface area (Å²) in [7, 11) is 0. The van der Waals surface area contributed by atoms with E-state index in [1.807, 2.05) is 6.08 Å². The molecule has 0 amide bonds. The number of thioether (sulfide) groups is 1. The first-order chi connectivity index (χ1) is 11.2. The Morgan fingerprint density at radius 1 is 1.22 bits per heavy atom. The first-order valence-corrected chi connectivity index (χ1v) is 9.16. The van der Waals surface area contributed by atoms with Gasteiger partial charge in [0.05, 0.1) is 0 Å². The molecule has 0 unspecified atom stereocenters. The molecule has 1 aliphatic rings. The highest BCUT2D eigenvalue weighted by Gasteiger charge is 2.07. The van der Waals surface area contributed by atoms with Gasteiger partial charge in [0.25, 0.3) is 0 Å². The van der Waals surface area contributed by atoms with Crippen molar-refractivity contribution in [3.05, 3.63) is 88.9 Å². The molecule has 0 saturated heterocycles. The average Bonchev–Trinajstić information content (AvgIpc) is 2.59. The predicted octanol–water partition coefficient (Wildman–Crippen LogP) is 7.16. The van der Waals surface area contributed by atoms with Gasteiger partial charge in [-0.15, -0.1) is 0 Å². The molecule has 120 valence electrons. The van der Waals surface area contributed by atoms with Crippen molar-refractivity contribution >= 4 is 11.8 Å². The van der Waals surface area contributed by atoms with Crippen molar-refractivity contribution in [3.63, 3.8) is 0 Å². The lowest BCUT2D eigenvalue weighted by molar-refractivity contribution is 0.994. The van der Waals surface area contributed by atoms with Crippen molar-refractivity contribution in [2.45, 2.75) is 44.4 Å². The standard InChI is InChI=1S/C22H26S/c1-4-6-12-20(17-19-10-8-7-9-11-19)22(5-2)23-21-15-13-18(3)14-16-21/h5-6,8,10-16H,2,4,7,9,17H2,1,3H3/b12-6-,22-20-. The van der Waals surface area contributed by atoms with Crippen molar-refractivity contribution in [2.24, 2.45) is 0 Å². The Morgan fingerprint density at radius 3 is 2.61 bits per heavy atom. The highest BCUT2D eigenvalue weighted by molar-refractivity contribution is 8.03. The Balaban J connectivity index is 2.26. The second kappa shape index (κ2) is 9.42. The van der Waals surface area contributed by atoms with E-state index in [0.29, 0.717) is 0 Å². The van der Waals surface area contributed by atoms with E-state index < -0.39 is 0 Å². The molecule has 0 bridgehead atoms. The number of hydrogen-bond acceptors (Lipinski definition) is 1. The maximum Gasteiger partial charge on any atom is 0.0151 e. The summed E-state index contributed by atoms with van der Waals surface area (Å²) >= 11 is 1.80. The largest absolute Gasteiger partial charge is 0.0979 e. The zero-order valence-corrected chi connectivity index (χ0v) is 15.0. The zero-order valence-electron chi connectivity index (χ0n) is 14.2. The summed E-state index contributed by atoms with van der Waals surface area (Å²) in [6, 6.07) is 8.70. The smallest absolute Gasteiger partial charge is 0.0151 e. The SMILES string of the molecule is C=C/C(Sc1ccc(C)cc1)=C(\C=C/CC)CC1=CCCC=C1. The van der Waals surface area contributed by atoms with Crippen LogP contribution in [0.25, 0.3) is 0 Å². The molecule has 2 rings (SSSR count). The van der Waals surface area contributed by atoms with Gasteiger partial charge in [-0.2, -0.15) is 0 Å². The summed E-state index contributed by atoms with van der Waals surface area (Å²) in [5, 5.41) is 0. The van der Waals surface area contributed by atoms with Crippen LogP contribution in [-0.4, -0.2) is 0 Å². The quantitative estimate of drug-likeness (QED) is 0.379. The second-order valence-corrected chi connectivity index (χ2v) is 6.87. The van der Waals surface area contributed by atoms with Gasteiger partial charge in [-0.3, -0.25) is 0 Å². The minimum Gasteiger partial charge on any atom is -0.0979 e. The normalized spacial score (nSPS) is 15.5. The number of benzene rings is 1. The second-order valence-electron chi connectivity index (χ2n) is 5.75. The third-order valence-electron chi connectivity index (χ3n) is 3.77. The minimum absolute atomic E-state index is 0.979. The van der Waals surface area contributed by atoms with E-state index in [0.717, 1.165) is 19.3 Å². The lowest BCUT2D eigenvalue weighted by Gasteiger charge is -2.12. The molecule has 23 heavy (non-hydrogen) atoms. The van der Waals surface area contributed by atoms with Gasteiger partial charge in [-0.1, -0.05) is 79.4 Å². The Labute approximate surface area is 145 Å². The van der Waals surface area contributed by atoms with Crippen LogP contribution in [0.15, 0.2) is 88.2 Å². The summed E-state index contributed by atoms with van der Waals surface area (Å²) in [6.45, 7) is 8.34. The van der Waals surface area contributed by atoms with Crippen LogP contribution in [0.1, 0.15) is 38.2 Å². The lowest BCUT2D eigenvalue weighted by Crippen LogP contribution is -1.91. The summed E-state index contributed by atoms with van der Waals surface area (Å²) in [4.78, 5) is 2.51. The number of hydrogen-bond donors (Lipinski definition) is 0. The molecule has 1 heteroatoms. The zero-order chi connectivity index (χ0) is 16.5. The maximum atomic E-state index is 4.05. The minimum atomic E-state index is 0.979. The Hall–Kier alpha value is -1.73. The number of rotatable bonds is 7. The Bertz CT molecular complexity index is 639. The fraction of sp³-hybridized carbons (Fsp3) is 0.273. The van der Waals surface area contributed by atoms with Gasteiger partial charge in [0.2, 0.25) is 0 Å². The number of aryl methyl sites for hydroxylation is 1. The molecule has 0 fully saturated rings. The third kappa shape index (κ3) is 5.76. The van der Waals surface area contributed by atoms with Gasteiger partial charge < -0.3 is 0 Å². The van der Waals surface area contributed by atoms with Crippen molar-refractivity contribution in [1.82, 2.24) is 0 Å². The highest BCUT2D eigenvalue weighted by atomic mass is 32.2. The maximum absolute atomic E-state index is 4.05. The monoisotopic (exact) mass is 322 g/mol. The van der Waals surface area contributed by atoms with Gasteiger partial charge in [0.1, 0.15) is 0 Å². The van der Waals surface area contributed by atoms with E-state index in [4.69, 9.17) is 0 Å². The van der Waals surface area contributed by atoms with Crippen molar-refractivity contribution in [1.29, 1.82) is 0 Å². The van der Waals surface area contributed by atoms with Gasteiger partial charge in [0.15, 0.2) is 0 Å². The topological polar surface area (TPSA) is 0 Å². The lowest BCUT2D eigenvalue weighted by atomic mass is 9.99. The molecule has 1 aliphatic carbocycles. The van der Waals surface area contributed by atoms with E-state index >= 15 is 0 Å². The van der Waals surface area contributed by atoms with E-state index in [-0.39, 0.29) is 0 Å². The van der Waals surface area contributed by atoms with Crippen LogP contribution >= 0.6 is 11.8 Å². The van der Waals surface area contributed by atoms with E-state index in [1.165, 1.54) is 32.9 Å². The molecular formula is C22H26S. The molecule has 0 radical (unpaired) electrons. The van der Waals surface area contributed by atoms with Crippen LogP contribution in [0.2, 0.25) is 0 Å². The molecule has 0 heterocycles. The Kier molecular flexibility index (Phi) is 7.22. The van der Waals surface area contributed by atoms with Crippen molar-refractivity contribution in [3.8, 4) is 0 Å². The molecule has 0 N–H and O–H groups in total. The summed E-state index contributed by atoms with van der Waals surface area (Å²) in [5.74, 6) is 0. The molecular weight excluding hydrogens is 296 g/mol. The van der Waals surface area contributed by atoms with Crippen LogP contribution in [0.3, 0.4) is 0 Å². The van der Waals surface area contributed by atoms with E-state index in [2.05, 4.69) is 75.1 Å². The molecule has 0 atom stereocenters. The molecule has 1 aromatic carbocycles. The van der Waals surface area contributed by atoms with E-state index in [9.17, 15) is 0 Å². The highest BCUT2D eigenvalue weighted by Crippen LogP contribution is 2.33. The number of allylic oxidation sites excluding steroid dienone is 8. The van der Waals surface area contributed by atoms with E-state index in [1.54, 1.807) is 11.8 Å². The summed E-state index contributed by atoms with van der Waals surface area (Å²) < 4.78 is 0. The first kappa shape index (κ1) is 17.6. The van der Waals surface area contributed by atoms with Crippen molar-refractivity contribution in [2.75, 3.05) is 0 Å². The average molecular weight is 323 g/mol. The van der Waals surface area contributed by atoms with Crippen LogP contribution in [0.5, 0.6) is 0 Å². The van der Waals surface area contributed by atoms with Crippen LogP contribution in [0.4, 0.5) is 0 Å². The summed E-state index contributed by atoms with van der Waals surface area (Å²) in [6.07, 6.45) is 17.8. The molecule has 0 nitrogen and oxygen atoms in total. The molecule has 0 aromatic heterocycles. The van der Waals surface area contributed by atoms with Crippen molar-refractivity contribution < 1.29 is 0 Å². The van der Waals surface area contributed by atoms with Gasteiger partial charge in [-0.05, 0) is 55.9 Å². The molecule has 0 aliphatic heterocycles. The first-order valence-electron chi connectivity index (χ1n) is 8.35. The van der Waals surface area contributed by atoms with Crippen LogP contribution < -0.4 is 0 Å². The fourth-order valence-corrected chi connectivity index (χ4v) is 3.36. The fourth-order valence-electron chi connectivity index (χ4n) is 2.48. The van der Waals surface area contributed by atoms with Crippen LogP contribution in [0, 0.1) is 6.92 Å². The Morgan fingerprint density at radius 2 is 2.00 bits per heavy atom. The summed E-state index contributed by atoms with van der Waals surface area (Å²) in [5.41, 5.74) is 4.06. The van der Waals surface area contributed by atoms with Gasteiger partial charge in [-0.25, -0.2) is 0 Å². The molecule has 0 saturated carbocycles. The molecule has 1 aromatic rings. The predicted molar refractivity (Wildman–Crippen MR) is 105 cm³/mol.